The predicted molar refractivity (Wildman–Crippen MR) is 78.9 cm³/mol. The smallest absolute Gasteiger partial charge is 0.306 e. The number of piperazine rings is 1. The van der Waals surface area contributed by atoms with Crippen molar-refractivity contribution in [1.82, 2.24) is 14.8 Å². The van der Waals surface area contributed by atoms with Crippen LogP contribution in [0.25, 0.3) is 0 Å². The maximum Gasteiger partial charge on any atom is 0.306 e. The van der Waals surface area contributed by atoms with Gasteiger partial charge < -0.3 is 19.5 Å². The molecule has 0 aliphatic carbocycles. The Morgan fingerprint density at radius 2 is 1.73 bits per heavy atom. The summed E-state index contributed by atoms with van der Waals surface area (Å²) in [5.74, 6) is -0.390. The number of ether oxygens (including phenoxy) is 1. The third-order valence-electron chi connectivity index (χ3n) is 3.76. The van der Waals surface area contributed by atoms with E-state index in [0.717, 1.165) is 5.69 Å². The Morgan fingerprint density at radius 3 is 2.27 bits per heavy atom. The van der Waals surface area contributed by atoms with Crippen LogP contribution in [0, 0.1) is 0 Å². The topological polar surface area (TPSA) is 82.7 Å². The van der Waals surface area contributed by atoms with Crippen molar-refractivity contribution in [2.24, 2.45) is 0 Å². The lowest BCUT2D eigenvalue weighted by Crippen LogP contribution is -2.51. The van der Waals surface area contributed by atoms with Gasteiger partial charge in [-0.3, -0.25) is 14.4 Å². The van der Waals surface area contributed by atoms with E-state index < -0.39 is 0 Å². The summed E-state index contributed by atoms with van der Waals surface area (Å²) in [6.45, 7) is 2.08. The van der Waals surface area contributed by atoms with Gasteiger partial charge in [0.1, 0.15) is 0 Å². The van der Waals surface area contributed by atoms with Crippen LogP contribution in [-0.4, -0.2) is 65.9 Å². The van der Waals surface area contributed by atoms with E-state index in [-0.39, 0.29) is 30.6 Å². The summed E-state index contributed by atoms with van der Waals surface area (Å²) in [6.07, 6.45) is 2.40. The molecule has 0 atom stereocenters. The minimum Gasteiger partial charge on any atom is -0.469 e. The number of hydrogen-bond donors (Lipinski definition) is 1. The molecule has 120 valence electrons. The van der Waals surface area contributed by atoms with E-state index in [4.69, 9.17) is 0 Å². The van der Waals surface area contributed by atoms with E-state index in [1.165, 1.54) is 7.11 Å². The fraction of sp³-hybridized carbons (Fsp3) is 0.533. The van der Waals surface area contributed by atoms with Crippen LogP contribution >= 0.6 is 0 Å². The number of methoxy groups -OCH3 is 1. The molecule has 0 saturated carbocycles. The van der Waals surface area contributed by atoms with E-state index in [1.54, 1.807) is 16.0 Å². The molecule has 1 saturated heterocycles. The maximum absolute atomic E-state index is 12.1. The van der Waals surface area contributed by atoms with Gasteiger partial charge in [-0.1, -0.05) is 0 Å². The number of carbonyl (C=O) groups excluding carboxylic acids is 3. The van der Waals surface area contributed by atoms with Gasteiger partial charge in [-0.05, 0) is 12.1 Å². The van der Waals surface area contributed by atoms with Gasteiger partial charge in [-0.2, -0.15) is 0 Å². The normalized spacial score (nSPS) is 14.8. The second-order valence-electron chi connectivity index (χ2n) is 5.21. The fourth-order valence-electron chi connectivity index (χ4n) is 2.43. The Hall–Kier alpha value is -2.31. The molecule has 2 amide bonds. The maximum atomic E-state index is 12.1. The van der Waals surface area contributed by atoms with Crippen LogP contribution in [0.3, 0.4) is 0 Å². The average molecular weight is 307 g/mol. The van der Waals surface area contributed by atoms with Crippen molar-refractivity contribution < 1.29 is 19.1 Å². The van der Waals surface area contributed by atoms with Crippen molar-refractivity contribution in [1.29, 1.82) is 0 Å². The molecule has 1 fully saturated rings. The van der Waals surface area contributed by atoms with Crippen molar-refractivity contribution in [3.8, 4) is 0 Å². The molecule has 1 aromatic rings. The van der Waals surface area contributed by atoms with Gasteiger partial charge in [-0.15, -0.1) is 0 Å². The highest BCUT2D eigenvalue weighted by molar-refractivity contribution is 5.82. The number of esters is 1. The van der Waals surface area contributed by atoms with Crippen LogP contribution in [0.5, 0.6) is 0 Å². The highest BCUT2D eigenvalue weighted by Gasteiger charge is 2.24. The van der Waals surface area contributed by atoms with Crippen LogP contribution in [0.1, 0.15) is 18.5 Å². The Labute approximate surface area is 129 Å². The van der Waals surface area contributed by atoms with Gasteiger partial charge in [-0.25, -0.2) is 0 Å². The molecule has 0 bridgehead atoms. The van der Waals surface area contributed by atoms with E-state index in [9.17, 15) is 14.4 Å². The summed E-state index contributed by atoms with van der Waals surface area (Å²) in [5, 5.41) is 0. The second kappa shape index (κ2) is 7.63. The number of nitrogens with one attached hydrogen (secondary N) is 1. The van der Waals surface area contributed by atoms with Crippen molar-refractivity contribution in [2.75, 3.05) is 33.3 Å². The van der Waals surface area contributed by atoms with Crippen molar-refractivity contribution in [3.05, 3.63) is 24.0 Å². The molecule has 2 rings (SSSR count). The second-order valence-corrected chi connectivity index (χ2v) is 5.21. The van der Waals surface area contributed by atoms with Gasteiger partial charge in [0.2, 0.25) is 11.8 Å². The Balaban J connectivity index is 1.74. The molecule has 1 N–H and O–H groups in total. The summed E-state index contributed by atoms with van der Waals surface area (Å²) in [6, 6.07) is 3.74. The molecule has 0 aromatic carbocycles. The molecular weight excluding hydrogens is 286 g/mol. The molecule has 22 heavy (non-hydrogen) atoms. The van der Waals surface area contributed by atoms with Crippen LogP contribution < -0.4 is 0 Å². The molecule has 0 radical (unpaired) electrons. The van der Waals surface area contributed by atoms with Crippen LogP contribution in [0.2, 0.25) is 0 Å². The quantitative estimate of drug-likeness (QED) is 0.787. The third kappa shape index (κ3) is 4.34. The molecule has 7 heteroatoms. The number of nitrogens with zero attached hydrogens (tertiary/aromatic N) is 2. The van der Waals surface area contributed by atoms with Gasteiger partial charge in [0.15, 0.2) is 0 Å². The number of amides is 2. The largest absolute Gasteiger partial charge is 0.469 e. The summed E-state index contributed by atoms with van der Waals surface area (Å²) >= 11 is 0. The lowest BCUT2D eigenvalue weighted by molar-refractivity contribution is -0.144. The highest BCUT2D eigenvalue weighted by Crippen LogP contribution is 2.08. The van der Waals surface area contributed by atoms with E-state index in [0.29, 0.717) is 32.6 Å². The number of rotatable bonds is 5. The zero-order valence-corrected chi connectivity index (χ0v) is 12.7. The number of carbonyl (C=O) groups is 3. The monoisotopic (exact) mass is 307 g/mol. The Bertz CT molecular complexity index is 519. The van der Waals surface area contributed by atoms with E-state index in [2.05, 4.69) is 9.72 Å². The summed E-state index contributed by atoms with van der Waals surface area (Å²) in [4.78, 5) is 41.6. The number of H-pyrrole nitrogens is 1. The number of hydrogen-bond acceptors (Lipinski definition) is 4. The van der Waals surface area contributed by atoms with Crippen molar-refractivity contribution in [3.63, 3.8) is 0 Å². The minimum atomic E-state index is -0.381. The lowest BCUT2D eigenvalue weighted by atomic mass is 10.2. The van der Waals surface area contributed by atoms with Gasteiger partial charge in [0.05, 0.1) is 20.0 Å². The van der Waals surface area contributed by atoms with Crippen LogP contribution in [0.15, 0.2) is 18.3 Å². The fourth-order valence-corrected chi connectivity index (χ4v) is 2.43. The zero-order valence-electron chi connectivity index (χ0n) is 12.7. The Kier molecular flexibility index (Phi) is 5.57. The first-order valence-corrected chi connectivity index (χ1v) is 7.35. The molecule has 1 aliphatic rings. The third-order valence-corrected chi connectivity index (χ3v) is 3.76. The minimum absolute atomic E-state index is 0.0594. The highest BCUT2D eigenvalue weighted by atomic mass is 16.5. The lowest BCUT2D eigenvalue weighted by Gasteiger charge is -2.34. The predicted octanol–water partition coefficient (Wildman–Crippen LogP) is 0.181. The molecule has 0 spiro atoms. The molecule has 1 aliphatic heterocycles. The molecule has 1 aromatic heterocycles. The summed E-state index contributed by atoms with van der Waals surface area (Å²) in [5.41, 5.74) is 0.890. The SMILES string of the molecule is COC(=O)CCC(=O)N1CCN(C(=O)Cc2ccc[nH]2)CC1. The first-order valence-electron chi connectivity index (χ1n) is 7.35. The van der Waals surface area contributed by atoms with Crippen LogP contribution in [0.4, 0.5) is 0 Å². The zero-order chi connectivity index (χ0) is 15.9. The molecule has 2 heterocycles. The summed E-state index contributed by atoms with van der Waals surface area (Å²) < 4.78 is 4.52. The Morgan fingerprint density at radius 1 is 1.09 bits per heavy atom. The van der Waals surface area contributed by atoms with Crippen LogP contribution in [-0.2, 0) is 25.5 Å². The average Bonchev–Trinajstić information content (AvgIpc) is 3.05. The van der Waals surface area contributed by atoms with E-state index in [1.807, 2.05) is 12.1 Å². The number of aromatic nitrogens is 1. The molecule has 0 unspecified atom stereocenters. The molecular formula is C15H21N3O4. The van der Waals surface area contributed by atoms with Gasteiger partial charge in [0.25, 0.3) is 0 Å². The summed E-state index contributed by atoms with van der Waals surface area (Å²) in [7, 11) is 1.31. The number of aromatic amines is 1. The van der Waals surface area contributed by atoms with Gasteiger partial charge in [0, 0.05) is 44.5 Å². The first kappa shape index (κ1) is 16.1. The first-order chi connectivity index (χ1) is 10.6. The standard InChI is InChI=1S/C15H21N3O4/c1-22-15(21)5-4-13(19)17-7-9-18(10-8-17)14(20)11-12-3-2-6-16-12/h2-3,6,16H,4-5,7-11H2,1H3. The van der Waals surface area contributed by atoms with Crippen molar-refractivity contribution in [2.45, 2.75) is 19.3 Å². The molecule has 7 nitrogen and oxygen atoms in total. The van der Waals surface area contributed by atoms with E-state index >= 15 is 0 Å². The van der Waals surface area contributed by atoms with Gasteiger partial charge >= 0.3 is 5.97 Å². The van der Waals surface area contributed by atoms with Crippen molar-refractivity contribution >= 4 is 17.8 Å².